The number of carbonyl (C=O) groups is 2. The standard InChI is InChI=1S/C25H29N3O5/c1-3-33-21-10-6-19(7-11-21)28-24(30)22(18-4-8-20(32-2)9-5-18)23(25(28)31)27-14-12-26(13-15-27)16-17-29/h4-11,29H,3,12-17H2,1-2H3. The summed E-state index contributed by atoms with van der Waals surface area (Å²) < 4.78 is 10.7. The molecule has 0 aromatic heterocycles. The Morgan fingerprint density at radius 1 is 0.879 bits per heavy atom. The van der Waals surface area contributed by atoms with Gasteiger partial charge in [-0.1, -0.05) is 12.1 Å². The van der Waals surface area contributed by atoms with Gasteiger partial charge in [0.2, 0.25) is 0 Å². The van der Waals surface area contributed by atoms with Crippen LogP contribution in [-0.2, 0) is 9.59 Å². The summed E-state index contributed by atoms with van der Waals surface area (Å²) >= 11 is 0. The van der Waals surface area contributed by atoms with Crippen LogP contribution in [0.25, 0.3) is 5.57 Å². The van der Waals surface area contributed by atoms with Gasteiger partial charge < -0.3 is 19.5 Å². The average molecular weight is 452 g/mol. The van der Waals surface area contributed by atoms with Crippen LogP contribution in [0.2, 0.25) is 0 Å². The number of nitrogens with zero attached hydrogens (tertiary/aromatic N) is 3. The highest BCUT2D eigenvalue weighted by atomic mass is 16.5. The number of methoxy groups -OCH3 is 1. The van der Waals surface area contributed by atoms with E-state index in [9.17, 15) is 14.7 Å². The monoisotopic (exact) mass is 451 g/mol. The van der Waals surface area contributed by atoms with E-state index in [4.69, 9.17) is 9.47 Å². The number of imide groups is 1. The molecule has 2 aromatic rings. The fourth-order valence-corrected chi connectivity index (χ4v) is 4.26. The van der Waals surface area contributed by atoms with Gasteiger partial charge in [0.05, 0.1) is 31.6 Å². The molecular formula is C25H29N3O5. The topological polar surface area (TPSA) is 82.6 Å². The maximum atomic E-state index is 13.6. The van der Waals surface area contributed by atoms with Crippen LogP contribution >= 0.6 is 0 Å². The maximum absolute atomic E-state index is 13.6. The van der Waals surface area contributed by atoms with Gasteiger partial charge in [-0.05, 0) is 48.9 Å². The lowest BCUT2D eigenvalue weighted by Gasteiger charge is -2.36. The molecule has 2 aliphatic heterocycles. The van der Waals surface area contributed by atoms with E-state index < -0.39 is 0 Å². The van der Waals surface area contributed by atoms with Gasteiger partial charge in [0.25, 0.3) is 11.8 Å². The van der Waals surface area contributed by atoms with Crippen LogP contribution in [0, 0.1) is 0 Å². The van der Waals surface area contributed by atoms with Crippen LogP contribution in [0.1, 0.15) is 12.5 Å². The average Bonchev–Trinajstić information content (AvgIpc) is 3.10. The van der Waals surface area contributed by atoms with Crippen molar-refractivity contribution in [2.24, 2.45) is 0 Å². The molecule has 33 heavy (non-hydrogen) atoms. The Bertz CT molecular complexity index is 1030. The predicted octanol–water partition coefficient (Wildman–Crippen LogP) is 1.99. The number of amides is 2. The van der Waals surface area contributed by atoms with Gasteiger partial charge in [-0.2, -0.15) is 0 Å². The van der Waals surface area contributed by atoms with Gasteiger partial charge in [-0.25, -0.2) is 4.90 Å². The molecule has 0 spiro atoms. The molecule has 0 aliphatic carbocycles. The first-order valence-corrected chi connectivity index (χ1v) is 11.2. The Labute approximate surface area is 193 Å². The third-order valence-corrected chi connectivity index (χ3v) is 5.95. The molecule has 4 rings (SSSR count). The van der Waals surface area contributed by atoms with Gasteiger partial charge in [0.15, 0.2) is 0 Å². The molecule has 0 atom stereocenters. The molecule has 0 bridgehead atoms. The summed E-state index contributed by atoms with van der Waals surface area (Å²) in [7, 11) is 1.59. The zero-order valence-corrected chi connectivity index (χ0v) is 19.0. The maximum Gasteiger partial charge on any atom is 0.282 e. The molecule has 8 nitrogen and oxygen atoms in total. The summed E-state index contributed by atoms with van der Waals surface area (Å²) in [5.41, 5.74) is 2.00. The molecule has 2 heterocycles. The number of piperazine rings is 1. The molecule has 0 saturated carbocycles. The van der Waals surface area contributed by atoms with Gasteiger partial charge in [0, 0.05) is 32.7 Å². The van der Waals surface area contributed by atoms with Crippen LogP contribution < -0.4 is 14.4 Å². The number of aliphatic hydroxyl groups is 1. The van der Waals surface area contributed by atoms with Crippen molar-refractivity contribution in [3.05, 3.63) is 59.8 Å². The van der Waals surface area contributed by atoms with Crippen molar-refractivity contribution in [2.45, 2.75) is 6.92 Å². The van der Waals surface area contributed by atoms with Crippen LogP contribution in [0.4, 0.5) is 5.69 Å². The lowest BCUT2D eigenvalue weighted by Crippen LogP contribution is -2.48. The first kappa shape index (κ1) is 22.8. The van der Waals surface area contributed by atoms with E-state index in [1.54, 1.807) is 43.5 Å². The summed E-state index contributed by atoms with van der Waals surface area (Å²) in [5.74, 6) is 0.690. The highest BCUT2D eigenvalue weighted by molar-refractivity contribution is 6.45. The summed E-state index contributed by atoms with van der Waals surface area (Å²) in [6.07, 6.45) is 0. The second-order valence-corrected chi connectivity index (χ2v) is 7.88. The van der Waals surface area contributed by atoms with E-state index >= 15 is 0 Å². The number of anilines is 1. The van der Waals surface area contributed by atoms with Crippen molar-refractivity contribution in [1.82, 2.24) is 9.80 Å². The number of hydrogen-bond acceptors (Lipinski definition) is 7. The van der Waals surface area contributed by atoms with Crippen molar-refractivity contribution in [1.29, 1.82) is 0 Å². The molecule has 2 aliphatic rings. The number of aliphatic hydroxyl groups excluding tert-OH is 1. The minimum absolute atomic E-state index is 0.0999. The third kappa shape index (κ3) is 4.58. The van der Waals surface area contributed by atoms with Crippen molar-refractivity contribution in [3.63, 3.8) is 0 Å². The van der Waals surface area contributed by atoms with Crippen LogP contribution in [0.15, 0.2) is 54.2 Å². The third-order valence-electron chi connectivity index (χ3n) is 5.95. The second kappa shape index (κ2) is 10.1. The first-order valence-electron chi connectivity index (χ1n) is 11.2. The molecule has 2 aromatic carbocycles. The molecule has 0 radical (unpaired) electrons. The largest absolute Gasteiger partial charge is 0.497 e. The Balaban J connectivity index is 1.69. The van der Waals surface area contributed by atoms with Gasteiger partial charge in [-0.15, -0.1) is 0 Å². The normalized spacial score (nSPS) is 17.2. The molecule has 2 amide bonds. The van der Waals surface area contributed by atoms with Gasteiger partial charge >= 0.3 is 0 Å². The number of hydrogen-bond donors (Lipinski definition) is 1. The predicted molar refractivity (Wildman–Crippen MR) is 125 cm³/mol. The van der Waals surface area contributed by atoms with Crippen molar-refractivity contribution < 1.29 is 24.2 Å². The van der Waals surface area contributed by atoms with E-state index in [1.807, 2.05) is 24.0 Å². The SMILES string of the molecule is CCOc1ccc(N2C(=O)C(c3ccc(OC)cc3)=C(N3CCN(CCO)CC3)C2=O)cc1. The highest BCUT2D eigenvalue weighted by Crippen LogP contribution is 2.36. The van der Waals surface area contributed by atoms with E-state index in [-0.39, 0.29) is 18.4 Å². The summed E-state index contributed by atoms with van der Waals surface area (Å²) in [6.45, 7) is 5.77. The molecule has 8 heteroatoms. The first-order chi connectivity index (χ1) is 16.1. The lowest BCUT2D eigenvalue weighted by atomic mass is 10.0. The Hall–Kier alpha value is -3.36. The second-order valence-electron chi connectivity index (χ2n) is 7.88. The van der Waals surface area contributed by atoms with Gasteiger partial charge in [-0.3, -0.25) is 14.5 Å². The van der Waals surface area contributed by atoms with Crippen molar-refractivity contribution in [2.75, 3.05) is 57.9 Å². The summed E-state index contributed by atoms with van der Waals surface area (Å²) in [5, 5.41) is 9.23. The van der Waals surface area contributed by atoms with E-state index in [0.29, 0.717) is 73.4 Å². The molecule has 1 saturated heterocycles. The number of benzene rings is 2. The quantitative estimate of drug-likeness (QED) is 0.615. The Kier molecular flexibility index (Phi) is 6.96. The van der Waals surface area contributed by atoms with Crippen LogP contribution in [-0.4, -0.2) is 79.8 Å². The van der Waals surface area contributed by atoms with E-state index in [1.165, 1.54) is 4.90 Å². The number of β-amino-alcohol motifs (C(OH)–C–C–N with tert-alkyl or cyclic N) is 1. The zero-order valence-electron chi connectivity index (χ0n) is 19.0. The Morgan fingerprint density at radius 3 is 2.09 bits per heavy atom. The van der Waals surface area contributed by atoms with E-state index in [2.05, 4.69) is 4.90 Å². The minimum Gasteiger partial charge on any atom is -0.497 e. The number of carbonyl (C=O) groups excluding carboxylic acids is 2. The van der Waals surface area contributed by atoms with Crippen molar-refractivity contribution in [3.8, 4) is 11.5 Å². The summed E-state index contributed by atoms with van der Waals surface area (Å²) in [6, 6.07) is 14.2. The molecule has 1 fully saturated rings. The molecular weight excluding hydrogens is 422 g/mol. The van der Waals surface area contributed by atoms with Crippen molar-refractivity contribution >= 4 is 23.1 Å². The van der Waals surface area contributed by atoms with Crippen LogP contribution in [0.3, 0.4) is 0 Å². The number of rotatable bonds is 8. The Morgan fingerprint density at radius 2 is 1.52 bits per heavy atom. The molecule has 0 unspecified atom stereocenters. The zero-order chi connectivity index (χ0) is 23.4. The summed E-state index contributed by atoms with van der Waals surface area (Å²) in [4.78, 5) is 32.6. The highest BCUT2D eigenvalue weighted by Gasteiger charge is 2.43. The number of ether oxygens (including phenoxy) is 2. The minimum atomic E-state index is -0.345. The van der Waals surface area contributed by atoms with Crippen LogP contribution in [0.5, 0.6) is 11.5 Å². The van der Waals surface area contributed by atoms with Gasteiger partial charge in [0.1, 0.15) is 17.2 Å². The van der Waals surface area contributed by atoms with E-state index in [0.717, 1.165) is 0 Å². The molecule has 1 N–H and O–H groups in total. The molecule has 174 valence electrons. The smallest absolute Gasteiger partial charge is 0.282 e. The fourth-order valence-electron chi connectivity index (χ4n) is 4.26. The lowest BCUT2D eigenvalue weighted by molar-refractivity contribution is -0.120. The fraction of sp³-hybridized carbons (Fsp3) is 0.360.